The zero-order valence-corrected chi connectivity index (χ0v) is 13.1. The fourth-order valence-electron chi connectivity index (χ4n) is 2.52. The fraction of sp³-hybridized carbons (Fsp3) is 0.600. The van der Waals surface area contributed by atoms with Crippen molar-refractivity contribution in [2.75, 3.05) is 13.1 Å². The van der Waals surface area contributed by atoms with Crippen LogP contribution in [0.2, 0.25) is 5.02 Å². The topological polar surface area (TPSA) is 45.2 Å². The third-order valence-electron chi connectivity index (χ3n) is 3.80. The number of carbonyl (C=O) groups excluding carboxylic acids is 1. The Kier molecular flexibility index (Phi) is 4.66. The second kappa shape index (κ2) is 6.10. The van der Waals surface area contributed by atoms with Gasteiger partial charge in [-0.2, -0.15) is 0 Å². The van der Waals surface area contributed by atoms with Gasteiger partial charge in [0.1, 0.15) is 0 Å². The van der Waals surface area contributed by atoms with Gasteiger partial charge in [-0.05, 0) is 39.7 Å². The monoisotopic (exact) mass is 295 g/mol. The van der Waals surface area contributed by atoms with Crippen LogP contribution in [0.1, 0.15) is 44.0 Å². The predicted molar refractivity (Wildman–Crippen MR) is 81.1 cm³/mol. The van der Waals surface area contributed by atoms with Crippen LogP contribution in [0.25, 0.3) is 0 Å². The van der Waals surface area contributed by atoms with E-state index in [-0.39, 0.29) is 17.5 Å². The minimum Gasteiger partial charge on any atom is -0.349 e. The lowest BCUT2D eigenvalue weighted by Crippen LogP contribution is -2.50. The van der Waals surface area contributed by atoms with Gasteiger partial charge in [-0.15, -0.1) is 0 Å². The van der Waals surface area contributed by atoms with Gasteiger partial charge in [0.25, 0.3) is 5.91 Å². The molecule has 0 aliphatic carbocycles. The van der Waals surface area contributed by atoms with E-state index in [2.05, 4.69) is 36.0 Å². The second-order valence-corrected chi connectivity index (χ2v) is 6.67. The summed E-state index contributed by atoms with van der Waals surface area (Å²) >= 11 is 5.99. The number of rotatable bonds is 2. The molecular formula is C15H22ClN3O. The van der Waals surface area contributed by atoms with Crippen LogP contribution >= 0.6 is 11.6 Å². The Hall–Kier alpha value is -1.13. The van der Waals surface area contributed by atoms with Crippen molar-refractivity contribution in [1.82, 2.24) is 15.2 Å². The second-order valence-electron chi connectivity index (χ2n) is 6.26. The van der Waals surface area contributed by atoms with Crippen LogP contribution in [-0.2, 0) is 0 Å². The smallest absolute Gasteiger partial charge is 0.253 e. The summed E-state index contributed by atoms with van der Waals surface area (Å²) < 4.78 is 0. The lowest BCUT2D eigenvalue weighted by atomic mass is 9.98. The molecule has 2 rings (SSSR count). The van der Waals surface area contributed by atoms with E-state index in [0.29, 0.717) is 10.6 Å². The highest BCUT2D eigenvalue weighted by atomic mass is 35.5. The molecule has 1 aromatic rings. The van der Waals surface area contributed by atoms with Gasteiger partial charge >= 0.3 is 0 Å². The Morgan fingerprint density at radius 2 is 2.05 bits per heavy atom. The van der Waals surface area contributed by atoms with Gasteiger partial charge in [0.15, 0.2) is 0 Å². The number of hydrogen-bond acceptors (Lipinski definition) is 3. The zero-order chi connectivity index (χ0) is 14.8. The molecule has 0 radical (unpaired) electrons. The van der Waals surface area contributed by atoms with E-state index < -0.39 is 0 Å². The van der Waals surface area contributed by atoms with Crippen LogP contribution in [0, 0.1) is 0 Å². The molecule has 20 heavy (non-hydrogen) atoms. The summed E-state index contributed by atoms with van der Waals surface area (Å²) in [4.78, 5) is 18.5. The van der Waals surface area contributed by atoms with Crippen molar-refractivity contribution in [3.05, 3.63) is 29.0 Å². The van der Waals surface area contributed by atoms with E-state index in [9.17, 15) is 4.79 Å². The Morgan fingerprint density at radius 3 is 2.60 bits per heavy atom. The molecule has 0 unspecified atom stereocenters. The van der Waals surface area contributed by atoms with Crippen molar-refractivity contribution in [1.29, 1.82) is 0 Å². The summed E-state index contributed by atoms with van der Waals surface area (Å²) in [6, 6.07) is 1.88. The molecule has 0 saturated carbocycles. The average Bonchev–Trinajstić information content (AvgIpc) is 2.38. The number of nitrogens with one attached hydrogen (secondary N) is 1. The lowest BCUT2D eigenvalue weighted by molar-refractivity contribution is 0.0812. The highest BCUT2D eigenvalue weighted by Gasteiger charge is 2.27. The Balaban J connectivity index is 1.90. The van der Waals surface area contributed by atoms with Crippen LogP contribution in [0.15, 0.2) is 18.5 Å². The molecule has 1 fully saturated rings. The maximum Gasteiger partial charge on any atom is 0.253 e. The van der Waals surface area contributed by atoms with Crippen LogP contribution in [0.4, 0.5) is 0 Å². The number of pyridine rings is 1. The van der Waals surface area contributed by atoms with Gasteiger partial charge in [0.2, 0.25) is 0 Å². The molecule has 1 N–H and O–H groups in total. The molecule has 1 aliphatic rings. The molecule has 1 saturated heterocycles. The first kappa shape index (κ1) is 15.3. The summed E-state index contributed by atoms with van der Waals surface area (Å²) in [6.45, 7) is 8.70. The fourth-order valence-corrected chi connectivity index (χ4v) is 2.72. The summed E-state index contributed by atoms with van der Waals surface area (Å²) in [5.41, 5.74) is 0.698. The highest BCUT2D eigenvalue weighted by molar-refractivity contribution is 6.33. The van der Waals surface area contributed by atoms with Gasteiger partial charge < -0.3 is 5.32 Å². The molecule has 1 aliphatic heterocycles. The number of amides is 1. The molecule has 0 aromatic carbocycles. The van der Waals surface area contributed by atoms with Gasteiger partial charge in [-0.1, -0.05) is 11.6 Å². The quantitative estimate of drug-likeness (QED) is 0.912. The third-order valence-corrected chi connectivity index (χ3v) is 4.10. The summed E-state index contributed by atoms with van der Waals surface area (Å²) in [7, 11) is 0. The van der Waals surface area contributed by atoms with Crippen molar-refractivity contribution in [2.24, 2.45) is 0 Å². The molecule has 0 spiro atoms. The van der Waals surface area contributed by atoms with E-state index in [0.717, 1.165) is 25.9 Å². The first-order chi connectivity index (χ1) is 9.38. The van der Waals surface area contributed by atoms with Crippen LogP contribution in [0.3, 0.4) is 0 Å². The van der Waals surface area contributed by atoms with Crippen molar-refractivity contribution in [3.63, 3.8) is 0 Å². The largest absolute Gasteiger partial charge is 0.349 e. The Morgan fingerprint density at radius 1 is 1.40 bits per heavy atom. The predicted octanol–water partition coefficient (Wildman–Crippen LogP) is 2.73. The minimum absolute atomic E-state index is 0.105. The van der Waals surface area contributed by atoms with Crippen LogP contribution < -0.4 is 5.32 Å². The first-order valence-corrected chi connectivity index (χ1v) is 7.41. The molecule has 1 amide bonds. The lowest BCUT2D eigenvalue weighted by Gasteiger charge is -2.41. The third kappa shape index (κ3) is 3.70. The van der Waals surface area contributed by atoms with Crippen molar-refractivity contribution in [2.45, 2.75) is 45.2 Å². The Bertz CT molecular complexity index is 476. The summed E-state index contributed by atoms with van der Waals surface area (Å²) in [5.74, 6) is -0.105. The van der Waals surface area contributed by atoms with E-state index in [1.165, 1.54) is 6.20 Å². The highest BCUT2D eigenvalue weighted by Crippen LogP contribution is 2.21. The average molecular weight is 296 g/mol. The van der Waals surface area contributed by atoms with E-state index >= 15 is 0 Å². The van der Waals surface area contributed by atoms with Crippen LogP contribution in [0.5, 0.6) is 0 Å². The first-order valence-electron chi connectivity index (χ1n) is 7.03. The van der Waals surface area contributed by atoms with E-state index in [1.54, 1.807) is 12.3 Å². The van der Waals surface area contributed by atoms with Crippen molar-refractivity contribution in [3.8, 4) is 0 Å². The maximum absolute atomic E-state index is 12.2. The number of likely N-dealkylation sites (tertiary alicyclic amines) is 1. The van der Waals surface area contributed by atoms with E-state index in [1.807, 2.05) is 0 Å². The number of halogens is 1. The number of piperidine rings is 1. The Labute approximate surface area is 125 Å². The van der Waals surface area contributed by atoms with Gasteiger partial charge in [-0.25, -0.2) is 0 Å². The number of carbonyl (C=O) groups is 1. The van der Waals surface area contributed by atoms with Crippen molar-refractivity contribution < 1.29 is 4.79 Å². The zero-order valence-electron chi connectivity index (χ0n) is 12.3. The van der Waals surface area contributed by atoms with Crippen LogP contribution in [-0.4, -0.2) is 40.5 Å². The molecule has 110 valence electrons. The number of nitrogens with zero attached hydrogens (tertiary/aromatic N) is 2. The molecule has 5 heteroatoms. The van der Waals surface area contributed by atoms with Gasteiger partial charge in [0.05, 0.1) is 10.6 Å². The summed E-state index contributed by atoms with van der Waals surface area (Å²) in [6.07, 6.45) is 5.04. The molecule has 0 bridgehead atoms. The normalized spacial score (nSPS) is 18.0. The van der Waals surface area contributed by atoms with Gasteiger partial charge in [-0.3, -0.25) is 14.7 Å². The maximum atomic E-state index is 12.2. The molecule has 2 heterocycles. The van der Waals surface area contributed by atoms with E-state index in [4.69, 9.17) is 11.6 Å². The minimum atomic E-state index is -0.105. The van der Waals surface area contributed by atoms with Gasteiger partial charge in [0, 0.05) is 37.1 Å². The molecule has 0 atom stereocenters. The molecule has 1 aromatic heterocycles. The SMILES string of the molecule is CC(C)(C)N1CCC(NC(=O)c2ccncc2Cl)CC1. The van der Waals surface area contributed by atoms with Crippen molar-refractivity contribution >= 4 is 17.5 Å². The number of hydrogen-bond donors (Lipinski definition) is 1. The number of aromatic nitrogens is 1. The molecular weight excluding hydrogens is 274 g/mol. The molecule has 4 nitrogen and oxygen atoms in total. The summed E-state index contributed by atoms with van der Waals surface area (Å²) in [5, 5.41) is 3.47. The standard InChI is InChI=1S/C15H22ClN3O/c1-15(2,3)19-8-5-11(6-9-19)18-14(20)12-4-7-17-10-13(12)16/h4,7,10-11H,5-6,8-9H2,1-3H3,(H,18,20).